The molecule has 0 radical (unpaired) electrons. The number of hydrogen-bond acceptors (Lipinski definition) is 3. The molecule has 0 bridgehead atoms. The fraction of sp³-hybridized carbons (Fsp3) is 0.154. The van der Waals surface area contributed by atoms with Crippen molar-refractivity contribution in [3.05, 3.63) is 102 Å². The van der Waals surface area contributed by atoms with Gasteiger partial charge in [-0.25, -0.2) is 0 Å². The molecule has 4 nitrogen and oxygen atoms in total. The van der Waals surface area contributed by atoms with Crippen molar-refractivity contribution < 1.29 is 9.59 Å². The molecule has 0 aliphatic carbocycles. The van der Waals surface area contributed by atoms with Gasteiger partial charge in [0.05, 0.1) is 5.75 Å². The Labute approximate surface area is 187 Å². The average Bonchev–Trinajstić information content (AvgIpc) is 3.20. The molecule has 3 aromatic rings. The quantitative estimate of drug-likeness (QED) is 0.514. The molecule has 1 saturated heterocycles. The first-order valence-electron chi connectivity index (χ1n) is 10.3. The van der Waals surface area contributed by atoms with E-state index in [2.05, 4.69) is 24.4 Å². The van der Waals surface area contributed by atoms with E-state index < -0.39 is 0 Å². The Morgan fingerprint density at radius 3 is 2.58 bits per heavy atom. The number of aryl methyl sites for hydroxylation is 1. The Balaban J connectivity index is 1.46. The summed E-state index contributed by atoms with van der Waals surface area (Å²) < 4.78 is 0. The third kappa shape index (κ3) is 5.06. The molecule has 1 aliphatic rings. The summed E-state index contributed by atoms with van der Waals surface area (Å²) in [6.07, 6.45) is 4.24. The monoisotopic (exact) mass is 428 g/mol. The molecular formula is C26H24N2O2S. The summed E-state index contributed by atoms with van der Waals surface area (Å²) >= 11 is 1.62. The van der Waals surface area contributed by atoms with Gasteiger partial charge in [-0.2, -0.15) is 0 Å². The largest absolute Gasteiger partial charge is 0.323 e. The van der Waals surface area contributed by atoms with Crippen molar-refractivity contribution in [2.24, 2.45) is 0 Å². The first-order chi connectivity index (χ1) is 15.1. The number of thioether (sulfide) groups is 1. The smallest absolute Gasteiger partial charge is 0.248 e. The van der Waals surface area contributed by atoms with Crippen LogP contribution in [-0.4, -0.2) is 17.6 Å². The predicted octanol–water partition coefficient (Wildman–Crippen LogP) is 5.68. The number of benzene rings is 3. The Hall–Kier alpha value is -3.31. The van der Waals surface area contributed by atoms with Crippen LogP contribution in [0.5, 0.6) is 0 Å². The fourth-order valence-corrected chi connectivity index (χ4v) is 4.70. The Morgan fingerprint density at radius 1 is 1.06 bits per heavy atom. The predicted molar refractivity (Wildman–Crippen MR) is 129 cm³/mol. The van der Waals surface area contributed by atoms with E-state index in [1.807, 2.05) is 71.6 Å². The van der Waals surface area contributed by atoms with Crippen LogP contribution in [0.2, 0.25) is 0 Å². The highest BCUT2D eigenvalue weighted by Crippen LogP contribution is 2.42. The van der Waals surface area contributed by atoms with Gasteiger partial charge in [-0.15, -0.1) is 11.8 Å². The van der Waals surface area contributed by atoms with Crippen molar-refractivity contribution >= 4 is 41.0 Å². The minimum Gasteiger partial charge on any atom is -0.323 e. The summed E-state index contributed by atoms with van der Waals surface area (Å²) in [6, 6.07) is 25.6. The minimum absolute atomic E-state index is 0.0673. The molecule has 0 saturated carbocycles. The van der Waals surface area contributed by atoms with Crippen LogP contribution in [0, 0.1) is 0 Å². The van der Waals surface area contributed by atoms with Crippen LogP contribution in [0.15, 0.2) is 84.9 Å². The van der Waals surface area contributed by atoms with Gasteiger partial charge >= 0.3 is 0 Å². The number of amides is 2. The molecule has 1 atom stereocenters. The summed E-state index contributed by atoms with van der Waals surface area (Å²) in [5.41, 5.74) is 4.88. The van der Waals surface area contributed by atoms with Crippen LogP contribution in [0.3, 0.4) is 0 Å². The van der Waals surface area contributed by atoms with Crippen LogP contribution in [-0.2, 0) is 16.0 Å². The van der Waals surface area contributed by atoms with E-state index in [1.54, 1.807) is 17.8 Å². The van der Waals surface area contributed by atoms with E-state index in [-0.39, 0.29) is 17.2 Å². The van der Waals surface area contributed by atoms with Gasteiger partial charge in [0.2, 0.25) is 11.8 Å². The van der Waals surface area contributed by atoms with Gasteiger partial charge in [0.25, 0.3) is 0 Å². The number of nitrogens with zero attached hydrogens (tertiary/aromatic N) is 1. The molecule has 4 rings (SSSR count). The minimum atomic E-state index is -0.181. The molecule has 0 aromatic heterocycles. The van der Waals surface area contributed by atoms with Crippen molar-refractivity contribution in [2.75, 3.05) is 16.0 Å². The van der Waals surface area contributed by atoms with Crippen molar-refractivity contribution in [3.63, 3.8) is 0 Å². The van der Waals surface area contributed by atoms with Crippen LogP contribution in [0.1, 0.15) is 29.0 Å². The maximum Gasteiger partial charge on any atom is 0.248 e. The second kappa shape index (κ2) is 9.67. The zero-order chi connectivity index (χ0) is 21.6. The highest BCUT2D eigenvalue weighted by atomic mass is 32.2. The number of hydrogen-bond donors (Lipinski definition) is 1. The molecular weight excluding hydrogens is 404 g/mol. The molecule has 2 amide bonds. The Kier molecular flexibility index (Phi) is 6.53. The van der Waals surface area contributed by atoms with E-state index in [0.717, 1.165) is 28.9 Å². The van der Waals surface area contributed by atoms with Crippen LogP contribution in [0.25, 0.3) is 6.08 Å². The lowest BCUT2D eigenvalue weighted by Gasteiger charge is -2.25. The third-order valence-electron chi connectivity index (χ3n) is 5.15. The van der Waals surface area contributed by atoms with Gasteiger partial charge in [0.15, 0.2) is 0 Å². The number of carbonyl (C=O) groups excluding carboxylic acids is 2. The summed E-state index contributed by atoms with van der Waals surface area (Å²) in [4.78, 5) is 26.7. The maximum atomic E-state index is 12.6. The lowest BCUT2D eigenvalue weighted by molar-refractivity contribution is -0.116. The zero-order valence-corrected chi connectivity index (χ0v) is 18.1. The lowest BCUT2D eigenvalue weighted by Crippen LogP contribution is -2.27. The van der Waals surface area contributed by atoms with Gasteiger partial charge in [0.1, 0.15) is 5.37 Å². The Morgan fingerprint density at radius 2 is 1.84 bits per heavy atom. The summed E-state index contributed by atoms with van der Waals surface area (Å²) in [6.45, 7) is 2.11. The molecule has 1 unspecified atom stereocenters. The lowest BCUT2D eigenvalue weighted by atomic mass is 10.1. The maximum absolute atomic E-state index is 12.6. The molecule has 0 spiro atoms. The number of carbonyl (C=O) groups is 2. The molecule has 5 heteroatoms. The Bertz CT molecular complexity index is 1090. The first-order valence-corrected chi connectivity index (χ1v) is 11.4. The van der Waals surface area contributed by atoms with Crippen LogP contribution < -0.4 is 10.2 Å². The third-order valence-corrected chi connectivity index (χ3v) is 6.37. The second-order valence-electron chi connectivity index (χ2n) is 7.31. The topological polar surface area (TPSA) is 49.4 Å². The molecule has 156 valence electrons. The SMILES string of the molecule is CCc1cccc(N2C(=O)CSC2c2ccc(NC(=O)/C=C/c3ccccc3)cc2)c1. The van der Waals surface area contributed by atoms with E-state index >= 15 is 0 Å². The molecule has 1 heterocycles. The zero-order valence-electron chi connectivity index (χ0n) is 17.3. The van der Waals surface area contributed by atoms with Crippen molar-refractivity contribution in [3.8, 4) is 0 Å². The van der Waals surface area contributed by atoms with Crippen molar-refractivity contribution in [1.29, 1.82) is 0 Å². The molecule has 1 N–H and O–H groups in total. The van der Waals surface area contributed by atoms with E-state index in [1.165, 1.54) is 11.6 Å². The summed E-state index contributed by atoms with van der Waals surface area (Å²) in [5, 5.41) is 2.82. The number of anilines is 2. The standard InChI is InChI=1S/C26H24N2O2S/c1-2-19-9-6-10-23(17-19)28-25(30)18-31-26(28)21-12-14-22(15-13-21)27-24(29)16-11-20-7-4-3-5-8-20/h3-17,26H,2,18H2,1H3,(H,27,29)/b16-11+. The molecule has 31 heavy (non-hydrogen) atoms. The highest BCUT2D eigenvalue weighted by Gasteiger charge is 2.34. The van der Waals surface area contributed by atoms with E-state index in [4.69, 9.17) is 0 Å². The molecule has 3 aromatic carbocycles. The van der Waals surface area contributed by atoms with Crippen LogP contribution >= 0.6 is 11.8 Å². The first kappa shape index (κ1) is 20.9. The van der Waals surface area contributed by atoms with Crippen LogP contribution in [0.4, 0.5) is 11.4 Å². The van der Waals surface area contributed by atoms with E-state index in [9.17, 15) is 9.59 Å². The van der Waals surface area contributed by atoms with Gasteiger partial charge in [0, 0.05) is 17.5 Å². The second-order valence-corrected chi connectivity index (χ2v) is 8.37. The molecule has 1 fully saturated rings. The fourth-order valence-electron chi connectivity index (χ4n) is 3.53. The van der Waals surface area contributed by atoms with Gasteiger partial charge < -0.3 is 5.32 Å². The number of nitrogens with one attached hydrogen (secondary N) is 1. The average molecular weight is 429 g/mol. The molecule has 1 aliphatic heterocycles. The normalized spacial score (nSPS) is 16.1. The van der Waals surface area contributed by atoms with Crippen molar-refractivity contribution in [1.82, 2.24) is 0 Å². The summed E-state index contributed by atoms with van der Waals surface area (Å²) in [5.74, 6) is 0.399. The van der Waals surface area contributed by atoms with Gasteiger partial charge in [-0.3, -0.25) is 14.5 Å². The van der Waals surface area contributed by atoms with Crippen molar-refractivity contribution in [2.45, 2.75) is 18.7 Å². The highest BCUT2D eigenvalue weighted by molar-refractivity contribution is 8.00. The number of rotatable bonds is 6. The summed E-state index contributed by atoms with van der Waals surface area (Å²) in [7, 11) is 0. The van der Waals surface area contributed by atoms with Gasteiger partial charge in [-0.1, -0.05) is 61.5 Å². The van der Waals surface area contributed by atoms with E-state index in [0.29, 0.717) is 5.75 Å². The van der Waals surface area contributed by atoms with Gasteiger partial charge in [-0.05, 0) is 53.5 Å².